The van der Waals surface area contributed by atoms with Crippen LogP contribution >= 0.6 is 0 Å². The van der Waals surface area contributed by atoms with Crippen LogP contribution < -0.4 is 18.9 Å². The first-order chi connectivity index (χ1) is 33.2. The zero-order valence-electron chi connectivity index (χ0n) is 43.6. The van der Waals surface area contributed by atoms with Gasteiger partial charge < -0.3 is 9.80 Å². The molecular weight excluding hydrogens is 837 g/mol. The van der Waals surface area contributed by atoms with Crippen molar-refractivity contribution in [3.8, 4) is 0 Å². The highest BCUT2D eigenvalue weighted by Crippen LogP contribution is 2.41. The Balaban J connectivity index is 0.000000143. The number of rotatable bonds is 8. The Kier molecular flexibility index (Phi) is 15.0. The second kappa shape index (κ2) is 21.2. The molecule has 0 saturated heterocycles. The average Bonchev–Trinajstić information content (AvgIpc) is 3.33. The lowest BCUT2D eigenvalue weighted by Gasteiger charge is -2.34. The average molecular weight is 911 g/mol. The van der Waals surface area contributed by atoms with Gasteiger partial charge in [0.15, 0.2) is 29.3 Å². The molecule has 4 nitrogen and oxygen atoms in total. The summed E-state index contributed by atoms with van der Waals surface area (Å²) in [6, 6.07) is 53.4. The number of anilines is 4. The number of pyridine rings is 2. The van der Waals surface area contributed by atoms with E-state index in [-0.39, 0.29) is 0 Å². The van der Waals surface area contributed by atoms with E-state index in [4.69, 9.17) is 0 Å². The topological polar surface area (TPSA) is 14.2 Å². The Morgan fingerprint density at radius 2 is 0.783 bits per heavy atom. The van der Waals surface area contributed by atoms with E-state index in [1.807, 2.05) is 0 Å². The molecule has 0 amide bonds. The van der Waals surface area contributed by atoms with Crippen molar-refractivity contribution in [1.82, 2.24) is 0 Å². The van der Waals surface area contributed by atoms with Gasteiger partial charge in [-0.15, -0.1) is 0 Å². The second-order valence-corrected chi connectivity index (χ2v) is 19.7. The lowest BCUT2D eigenvalue weighted by Crippen LogP contribution is -2.42. The summed E-state index contributed by atoms with van der Waals surface area (Å²) in [6.45, 7) is 30.5. The van der Waals surface area contributed by atoms with Crippen molar-refractivity contribution in [3.05, 3.63) is 246 Å². The van der Waals surface area contributed by atoms with Gasteiger partial charge in [0.25, 0.3) is 0 Å². The van der Waals surface area contributed by atoms with Crippen LogP contribution in [0.4, 0.5) is 22.7 Å². The lowest BCUT2D eigenvalue weighted by atomic mass is 9.93. The number of fused-ring (bicyclic) bond motifs is 4. The molecule has 8 aromatic rings. The normalized spacial score (nSPS) is 12.2. The largest absolute Gasteiger partial charge is 0.341 e. The van der Waals surface area contributed by atoms with Crippen LogP contribution in [0.2, 0.25) is 0 Å². The summed E-state index contributed by atoms with van der Waals surface area (Å²) in [7, 11) is 0. The number of nitrogens with zero attached hydrogens (tertiary/aromatic N) is 4. The maximum Gasteiger partial charge on any atom is 0.181 e. The molecule has 0 atom stereocenters. The maximum atomic E-state index is 2.46. The fraction of sp³-hybridized carbons (Fsp3) is 0.292. The third-order valence-corrected chi connectivity index (χ3v) is 14.7. The van der Waals surface area contributed by atoms with Gasteiger partial charge in [0.2, 0.25) is 0 Å². The molecule has 0 aliphatic carbocycles. The van der Waals surface area contributed by atoms with Crippen molar-refractivity contribution in [2.24, 2.45) is 0 Å². The Hall–Kier alpha value is -6.78. The number of hydrogen-bond donors (Lipinski definition) is 0. The molecule has 2 aromatic heterocycles. The third kappa shape index (κ3) is 10.8. The van der Waals surface area contributed by atoms with Crippen LogP contribution in [0, 0.1) is 69.2 Å². The highest BCUT2D eigenvalue weighted by molar-refractivity contribution is 5.76. The number of aryl methyl sites for hydroxylation is 6. The van der Waals surface area contributed by atoms with Crippen LogP contribution in [-0.2, 0) is 38.9 Å². The van der Waals surface area contributed by atoms with Gasteiger partial charge in [0.05, 0.1) is 0 Å². The summed E-state index contributed by atoms with van der Waals surface area (Å²) in [5, 5.41) is 0. The third-order valence-electron chi connectivity index (χ3n) is 14.7. The monoisotopic (exact) mass is 911 g/mol. The second-order valence-electron chi connectivity index (χ2n) is 19.7. The van der Waals surface area contributed by atoms with E-state index in [2.05, 4.69) is 248 Å². The minimum Gasteiger partial charge on any atom is -0.341 e. The Morgan fingerprint density at radius 1 is 0.406 bits per heavy atom. The van der Waals surface area contributed by atoms with Gasteiger partial charge in [0, 0.05) is 105 Å². The molecular formula is C65H74N4+2. The molecule has 0 unspecified atom stereocenters. The molecule has 4 heteroatoms. The fourth-order valence-electron chi connectivity index (χ4n) is 10.8. The minimum atomic E-state index is 0.910. The van der Waals surface area contributed by atoms with E-state index in [0.717, 1.165) is 45.4 Å². The summed E-state index contributed by atoms with van der Waals surface area (Å²) < 4.78 is 4.84. The predicted octanol–water partition coefficient (Wildman–Crippen LogP) is 14.7. The molecule has 2 aliphatic heterocycles. The highest BCUT2D eigenvalue weighted by atomic mass is 15.1. The molecule has 0 N–H and O–H groups in total. The summed E-state index contributed by atoms with van der Waals surface area (Å²) >= 11 is 0. The highest BCUT2D eigenvalue weighted by Gasteiger charge is 2.25. The number of hydrogen-bond acceptors (Lipinski definition) is 2. The van der Waals surface area contributed by atoms with Gasteiger partial charge in [-0.2, -0.15) is 4.57 Å². The standard InChI is InChI=1S/C26H34N2.C22H21N.C17H19N/c1-8-27-18(2)14-25(20(4)22(27)6)16-26-15-19(3)28(23(7)21(26)5)17-24-12-10-9-11-13-24;1-16-8-10-21-19(12-16)14-20-13-17(2)9-11-22(20)23(21)15-18-6-4-3-5-7-18;1-4-18-16-7-5-12(2)9-14(16)11-15-10-13(3)6-8-17(15)18/h9-15H,8,16-17H2,1-7H3;3-13H,14-15H2,1-2H3;5-10H,4,11H2,1-3H3/q+2;;. The van der Waals surface area contributed by atoms with E-state index in [1.165, 1.54) is 123 Å². The molecule has 69 heavy (non-hydrogen) atoms. The Bertz CT molecular complexity index is 3010. The van der Waals surface area contributed by atoms with Crippen LogP contribution in [0.5, 0.6) is 0 Å². The molecule has 352 valence electrons. The van der Waals surface area contributed by atoms with Crippen molar-refractivity contribution in [2.45, 2.75) is 122 Å². The zero-order valence-corrected chi connectivity index (χ0v) is 43.6. The van der Waals surface area contributed by atoms with Crippen LogP contribution in [0.15, 0.2) is 146 Å². The summed E-state index contributed by atoms with van der Waals surface area (Å²) in [4.78, 5) is 4.88. The molecule has 10 rings (SSSR count). The first-order valence-corrected chi connectivity index (χ1v) is 25.2. The smallest absolute Gasteiger partial charge is 0.181 e. The van der Waals surface area contributed by atoms with E-state index in [0.29, 0.717) is 0 Å². The van der Waals surface area contributed by atoms with E-state index in [1.54, 1.807) is 0 Å². The van der Waals surface area contributed by atoms with Gasteiger partial charge in [-0.3, -0.25) is 0 Å². The Labute approximate surface area is 414 Å². The van der Waals surface area contributed by atoms with Crippen molar-refractivity contribution < 1.29 is 9.13 Å². The number of aromatic nitrogens is 2. The first kappa shape index (κ1) is 48.7. The molecule has 0 fully saturated rings. The predicted molar refractivity (Wildman–Crippen MR) is 291 cm³/mol. The molecule has 0 saturated carbocycles. The molecule has 0 bridgehead atoms. The van der Waals surface area contributed by atoms with Crippen LogP contribution in [0.1, 0.15) is 115 Å². The van der Waals surface area contributed by atoms with E-state index in [9.17, 15) is 0 Å². The maximum absolute atomic E-state index is 2.46. The SMILES string of the molecule is CCN1c2ccc(C)cc2Cc2cc(C)ccc21.CC[n+]1c(C)cc(Cc2cc(C)[n+](Cc3ccccc3)c(C)c2C)c(C)c1C.Cc1ccc2c(c1)Cc1cc(C)ccc1N2Cc1ccccc1. The van der Waals surface area contributed by atoms with Crippen molar-refractivity contribution in [3.63, 3.8) is 0 Å². The number of benzene rings is 6. The van der Waals surface area contributed by atoms with Gasteiger partial charge in [-0.05, 0) is 125 Å². The Morgan fingerprint density at radius 3 is 1.19 bits per heavy atom. The minimum absolute atomic E-state index is 0.910. The van der Waals surface area contributed by atoms with Gasteiger partial charge in [0.1, 0.15) is 6.54 Å². The lowest BCUT2D eigenvalue weighted by molar-refractivity contribution is -0.705. The zero-order chi connectivity index (χ0) is 48.9. The quantitative estimate of drug-likeness (QED) is 0.141. The molecule has 6 aromatic carbocycles. The summed E-state index contributed by atoms with van der Waals surface area (Å²) in [5.41, 5.74) is 30.4. The molecule has 2 aliphatic rings. The van der Waals surface area contributed by atoms with Gasteiger partial charge in [-0.25, -0.2) is 4.57 Å². The molecule has 0 spiro atoms. The van der Waals surface area contributed by atoms with Crippen LogP contribution in [0.3, 0.4) is 0 Å². The molecule has 4 heterocycles. The van der Waals surface area contributed by atoms with Crippen LogP contribution in [-0.4, -0.2) is 6.54 Å². The van der Waals surface area contributed by atoms with Crippen molar-refractivity contribution >= 4 is 22.7 Å². The van der Waals surface area contributed by atoms with E-state index < -0.39 is 0 Å². The van der Waals surface area contributed by atoms with E-state index >= 15 is 0 Å². The first-order valence-electron chi connectivity index (χ1n) is 25.2. The van der Waals surface area contributed by atoms with Crippen LogP contribution in [0.25, 0.3) is 0 Å². The van der Waals surface area contributed by atoms with Gasteiger partial charge in [-0.1, -0.05) is 131 Å². The van der Waals surface area contributed by atoms with Crippen molar-refractivity contribution in [1.29, 1.82) is 0 Å². The fourth-order valence-corrected chi connectivity index (χ4v) is 10.8. The summed E-state index contributed by atoms with van der Waals surface area (Å²) in [6.07, 6.45) is 3.08. The molecule has 0 radical (unpaired) electrons. The van der Waals surface area contributed by atoms with Crippen molar-refractivity contribution in [2.75, 3.05) is 16.3 Å². The summed E-state index contributed by atoms with van der Waals surface area (Å²) in [5.74, 6) is 0. The van der Waals surface area contributed by atoms with Gasteiger partial charge >= 0.3 is 0 Å².